The fraction of sp³-hybridized carbons (Fsp3) is 0.400. The van der Waals surface area contributed by atoms with Gasteiger partial charge in [0.25, 0.3) is 0 Å². The standard InChI is InChI=1S/C10H13ClO4/c11-8-5-6(13)1-2-7(8)10(15)9(14)3-4-12/h1-2,5,9-10,12-15H,3-4H2. The topological polar surface area (TPSA) is 80.9 Å². The molecule has 1 rings (SSSR count). The summed E-state index contributed by atoms with van der Waals surface area (Å²) in [6, 6.07) is 4.09. The highest BCUT2D eigenvalue weighted by Crippen LogP contribution is 2.29. The molecule has 84 valence electrons. The third-order valence-electron chi connectivity index (χ3n) is 2.09. The number of benzene rings is 1. The van der Waals surface area contributed by atoms with E-state index in [4.69, 9.17) is 21.8 Å². The largest absolute Gasteiger partial charge is 0.508 e. The summed E-state index contributed by atoms with van der Waals surface area (Å²) in [5.74, 6) is -0.00685. The summed E-state index contributed by atoms with van der Waals surface area (Å²) in [6.45, 7) is -0.214. The zero-order valence-electron chi connectivity index (χ0n) is 7.97. The Bertz CT molecular complexity index is 329. The number of rotatable bonds is 4. The van der Waals surface area contributed by atoms with Gasteiger partial charge in [-0.3, -0.25) is 0 Å². The summed E-state index contributed by atoms with van der Waals surface area (Å²) in [6.07, 6.45) is -2.17. The van der Waals surface area contributed by atoms with Crippen LogP contribution in [0, 0.1) is 0 Å². The number of phenols is 1. The Morgan fingerprint density at radius 3 is 2.47 bits per heavy atom. The van der Waals surface area contributed by atoms with Crippen molar-refractivity contribution in [1.29, 1.82) is 0 Å². The van der Waals surface area contributed by atoms with E-state index >= 15 is 0 Å². The van der Waals surface area contributed by atoms with Crippen molar-refractivity contribution < 1.29 is 20.4 Å². The predicted molar refractivity (Wildman–Crippen MR) is 55.8 cm³/mol. The lowest BCUT2D eigenvalue weighted by Crippen LogP contribution is -2.19. The molecule has 0 aromatic heterocycles. The van der Waals surface area contributed by atoms with Crippen molar-refractivity contribution in [2.45, 2.75) is 18.6 Å². The maximum atomic E-state index is 9.66. The van der Waals surface area contributed by atoms with Crippen LogP contribution >= 0.6 is 11.6 Å². The van der Waals surface area contributed by atoms with Gasteiger partial charge in [-0.2, -0.15) is 0 Å². The predicted octanol–water partition coefficient (Wildman–Crippen LogP) is 0.822. The monoisotopic (exact) mass is 232 g/mol. The first kappa shape index (κ1) is 12.3. The summed E-state index contributed by atoms with van der Waals surface area (Å²) < 4.78 is 0. The average molecular weight is 233 g/mol. The summed E-state index contributed by atoms with van der Waals surface area (Å²) in [4.78, 5) is 0. The van der Waals surface area contributed by atoms with Crippen molar-refractivity contribution in [3.63, 3.8) is 0 Å². The van der Waals surface area contributed by atoms with Gasteiger partial charge >= 0.3 is 0 Å². The van der Waals surface area contributed by atoms with E-state index in [-0.39, 0.29) is 23.8 Å². The molecule has 4 nitrogen and oxygen atoms in total. The van der Waals surface area contributed by atoms with Gasteiger partial charge in [0.2, 0.25) is 0 Å². The van der Waals surface area contributed by atoms with Crippen LogP contribution in [0.4, 0.5) is 0 Å². The highest BCUT2D eigenvalue weighted by atomic mass is 35.5. The molecule has 0 spiro atoms. The minimum Gasteiger partial charge on any atom is -0.508 e. The second kappa shape index (κ2) is 5.32. The van der Waals surface area contributed by atoms with Crippen molar-refractivity contribution in [2.75, 3.05) is 6.61 Å². The van der Waals surface area contributed by atoms with Crippen LogP contribution < -0.4 is 0 Å². The first-order valence-corrected chi connectivity index (χ1v) is 4.89. The fourth-order valence-electron chi connectivity index (χ4n) is 1.25. The van der Waals surface area contributed by atoms with Gasteiger partial charge in [-0.25, -0.2) is 0 Å². The highest BCUT2D eigenvalue weighted by Gasteiger charge is 2.20. The number of hydrogen-bond acceptors (Lipinski definition) is 4. The molecule has 0 aliphatic heterocycles. The van der Waals surface area contributed by atoms with E-state index in [0.29, 0.717) is 5.56 Å². The van der Waals surface area contributed by atoms with Gasteiger partial charge in [-0.15, -0.1) is 0 Å². The first-order valence-electron chi connectivity index (χ1n) is 4.51. The Balaban J connectivity index is 2.86. The summed E-state index contributed by atoms with van der Waals surface area (Å²) in [7, 11) is 0. The highest BCUT2D eigenvalue weighted by molar-refractivity contribution is 6.31. The van der Waals surface area contributed by atoms with Gasteiger partial charge in [0.1, 0.15) is 11.9 Å². The van der Waals surface area contributed by atoms with Gasteiger partial charge in [0.05, 0.1) is 11.1 Å². The van der Waals surface area contributed by atoms with E-state index in [1.54, 1.807) is 0 Å². The van der Waals surface area contributed by atoms with Crippen LogP contribution in [0.3, 0.4) is 0 Å². The maximum Gasteiger partial charge on any atom is 0.117 e. The Morgan fingerprint density at radius 1 is 1.27 bits per heavy atom. The number of halogens is 1. The minimum absolute atomic E-state index is 0.00685. The zero-order chi connectivity index (χ0) is 11.4. The van der Waals surface area contributed by atoms with Gasteiger partial charge in [0.15, 0.2) is 0 Å². The molecule has 4 N–H and O–H groups in total. The molecule has 0 aliphatic rings. The molecule has 1 aromatic rings. The third-order valence-corrected chi connectivity index (χ3v) is 2.42. The van der Waals surface area contributed by atoms with Crippen molar-refractivity contribution in [3.8, 4) is 5.75 Å². The molecule has 15 heavy (non-hydrogen) atoms. The van der Waals surface area contributed by atoms with E-state index in [2.05, 4.69) is 0 Å². The third kappa shape index (κ3) is 3.07. The van der Waals surface area contributed by atoms with E-state index < -0.39 is 12.2 Å². The molecule has 0 fully saturated rings. The van der Waals surface area contributed by atoms with E-state index in [1.165, 1.54) is 18.2 Å². The van der Waals surface area contributed by atoms with Crippen LogP contribution in [0.1, 0.15) is 18.1 Å². The molecule has 0 saturated heterocycles. The lowest BCUT2D eigenvalue weighted by Gasteiger charge is -2.18. The van der Waals surface area contributed by atoms with Gasteiger partial charge in [-0.1, -0.05) is 17.7 Å². The summed E-state index contributed by atoms with van der Waals surface area (Å²) >= 11 is 5.78. The van der Waals surface area contributed by atoms with Crippen molar-refractivity contribution in [3.05, 3.63) is 28.8 Å². The minimum atomic E-state index is -1.16. The van der Waals surface area contributed by atoms with Crippen LogP contribution in [0.25, 0.3) is 0 Å². The quantitative estimate of drug-likeness (QED) is 0.620. The van der Waals surface area contributed by atoms with Gasteiger partial charge < -0.3 is 20.4 Å². The number of aromatic hydroxyl groups is 1. The molecule has 0 aliphatic carbocycles. The lowest BCUT2D eigenvalue weighted by molar-refractivity contribution is 0.00424. The molecule has 0 amide bonds. The number of aliphatic hydroxyl groups is 3. The summed E-state index contributed by atoms with van der Waals surface area (Å²) in [5, 5.41) is 37.0. The molecule has 2 atom stereocenters. The number of hydrogen-bond donors (Lipinski definition) is 4. The Morgan fingerprint density at radius 2 is 1.93 bits per heavy atom. The van der Waals surface area contributed by atoms with Crippen molar-refractivity contribution in [1.82, 2.24) is 0 Å². The number of phenolic OH excluding ortho intramolecular Hbond substituents is 1. The molecular formula is C10H13ClO4. The van der Waals surface area contributed by atoms with Crippen LogP contribution in [-0.2, 0) is 0 Å². The fourth-order valence-corrected chi connectivity index (χ4v) is 1.54. The second-order valence-corrected chi connectivity index (χ2v) is 3.64. The van der Waals surface area contributed by atoms with Crippen molar-refractivity contribution >= 4 is 11.6 Å². The molecule has 0 radical (unpaired) electrons. The maximum absolute atomic E-state index is 9.66. The molecule has 0 saturated carbocycles. The van der Waals surface area contributed by atoms with E-state index in [9.17, 15) is 10.2 Å². The van der Waals surface area contributed by atoms with E-state index in [1.807, 2.05) is 0 Å². The normalized spacial score (nSPS) is 14.9. The molecule has 0 bridgehead atoms. The van der Waals surface area contributed by atoms with Crippen LogP contribution in [0.2, 0.25) is 5.02 Å². The first-order chi connectivity index (χ1) is 7.06. The van der Waals surface area contributed by atoms with Crippen LogP contribution in [0.5, 0.6) is 5.75 Å². The second-order valence-electron chi connectivity index (χ2n) is 3.23. The number of aliphatic hydroxyl groups excluding tert-OH is 3. The molecule has 0 heterocycles. The Kier molecular flexibility index (Phi) is 4.35. The van der Waals surface area contributed by atoms with Gasteiger partial charge in [0, 0.05) is 12.2 Å². The van der Waals surface area contributed by atoms with E-state index in [0.717, 1.165) is 0 Å². The molecule has 2 unspecified atom stereocenters. The van der Waals surface area contributed by atoms with Crippen LogP contribution in [0.15, 0.2) is 18.2 Å². The lowest BCUT2D eigenvalue weighted by atomic mass is 10.0. The molecular weight excluding hydrogens is 220 g/mol. The summed E-state index contributed by atoms with van der Waals surface area (Å²) in [5.41, 5.74) is 0.329. The SMILES string of the molecule is OCCC(O)C(O)c1ccc(O)cc1Cl. The smallest absolute Gasteiger partial charge is 0.117 e. The average Bonchev–Trinajstić information content (AvgIpc) is 2.17. The van der Waals surface area contributed by atoms with Crippen LogP contribution in [-0.4, -0.2) is 33.1 Å². The Hall–Kier alpha value is -0.810. The van der Waals surface area contributed by atoms with Gasteiger partial charge in [-0.05, 0) is 18.6 Å². The zero-order valence-corrected chi connectivity index (χ0v) is 8.72. The van der Waals surface area contributed by atoms with Crippen molar-refractivity contribution in [2.24, 2.45) is 0 Å². The Labute approximate surface area is 92.4 Å². The molecule has 5 heteroatoms. The molecule has 1 aromatic carbocycles.